The molecule has 0 aliphatic carbocycles. The lowest BCUT2D eigenvalue weighted by Gasteiger charge is -2.39. The van der Waals surface area contributed by atoms with Crippen LogP contribution >= 0.6 is 11.3 Å². The van der Waals surface area contributed by atoms with Crippen LogP contribution in [0.3, 0.4) is 0 Å². The maximum absolute atomic E-state index is 12.0. The van der Waals surface area contributed by atoms with E-state index in [2.05, 4.69) is 15.3 Å². The highest BCUT2D eigenvalue weighted by Gasteiger charge is 2.40. The third-order valence-electron chi connectivity index (χ3n) is 3.64. The molecule has 1 aliphatic heterocycles. The number of guanidine groups is 1. The Kier molecular flexibility index (Phi) is 4.57. The van der Waals surface area contributed by atoms with Crippen molar-refractivity contribution >= 4 is 27.1 Å². The molecule has 0 atom stereocenters. The van der Waals surface area contributed by atoms with Crippen LogP contribution in [0.5, 0.6) is 0 Å². The van der Waals surface area contributed by atoms with Gasteiger partial charge in [-0.05, 0) is 20.8 Å². The van der Waals surface area contributed by atoms with Gasteiger partial charge in [-0.3, -0.25) is 4.99 Å². The summed E-state index contributed by atoms with van der Waals surface area (Å²) in [6.45, 7) is 7.11. The molecule has 1 aromatic heterocycles. The van der Waals surface area contributed by atoms with Crippen molar-refractivity contribution in [1.82, 2.24) is 15.2 Å². The second-order valence-corrected chi connectivity index (χ2v) is 9.81. The van der Waals surface area contributed by atoms with E-state index in [0.717, 1.165) is 15.8 Å². The van der Waals surface area contributed by atoms with Crippen LogP contribution in [-0.2, 0) is 16.4 Å². The fourth-order valence-corrected chi connectivity index (χ4v) is 4.41. The second-order valence-electron chi connectivity index (χ2n) is 5.75. The summed E-state index contributed by atoms with van der Waals surface area (Å²) < 4.78 is 23.4. The van der Waals surface area contributed by atoms with E-state index in [4.69, 9.17) is 0 Å². The van der Waals surface area contributed by atoms with E-state index in [1.54, 1.807) is 32.2 Å². The van der Waals surface area contributed by atoms with Crippen molar-refractivity contribution in [3.63, 3.8) is 0 Å². The molecule has 0 spiro atoms. The summed E-state index contributed by atoms with van der Waals surface area (Å²) in [5.74, 6) is 0.907. The van der Waals surface area contributed by atoms with Crippen molar-refractivity contribution in [3.05, 3.63) is 16.1 Å². The molecule has 0 saturated carbocycles. The van der Waals surface area contributed by atoms with E-state index in [0.29, 0.717) is 19.6 Å². The Morgan fingerprint density at radius 3 is 2.81 bits per heavy atom. The first-order valence-electron chi connectivity index (χ1n) is 6.84. The number of aromatic nitrogens is 1. The van der Waals surface area contributed by atoms with Crippen LogP contribution in [0.15, 0.2) is 11.2 Å². The van der Waals surface area contributed by atoms with Gasteiger partial charge < -0.3 is 10.2 Å². The molecule has 0 unspecified atom stereocenters. The molecule has 1 aromatic rings. The number of aliphatic imine (C=N–C) groups is 1. The summed E-state index contributed by atoms with van der Waals surface area (Å²) in [7, 11) is -1.31. The Bertz CT molecular complexity index is 634. The van der Waals surface area contributed by atoms with Gasteiger partial charge in [0, 0.05) is 31.2 Å². The summed E-state index contributed by atoms with van der Waals surface area (Å²) in [5, 5.41) is 4.32. The minimum Gasteiger partial charge on any atom is -0.351 e. The van der Waals surface area contributed by atoms with Crippen molar-refractivity contribution in [1.29, 1.82) is 0 Å². The number of hydrogen-bond donors (Lipinski definition) is 1. The fourth-order valence-electron chi connectivity index (χ4n) is 2.31. The zero-order valence-corrected chi connectivity index (χ0v) is 14.5. The van der Waals surface area contributed by atoms with Gasteiger partial charge in [-0.25, -0.2) is 13.4 Å². The molecule has 6 nitrogen and oxygen atoms in total. The molecule has 0 radical (unpaired) electrons. The van der Waals surface area contributed by atoms with Crippen LogP contribution in [0.1, 0.15) is 23.7 Å². The van der Waals surface area contributed by atoms with Crippen molar-refractivity contribution in [2.45, 2.75) is 32.1 Å². The Morgan fingerprint density at radius 2 is 2.29 bits per heavy atom. The molecule has 1 saturated heterocycles. The molecule has 21 heavy (non-hydrogen) atoms. The van der Waals surface area contributed by atoms with Gasteiger partial charge in [0.2, 0.25) is 0 Å². The standard InChI is InChI=1S/C13H22N4O2S2/c1-10-15-7-11(20-10)8-16-12(14-4)17-5-6-21(18,19)13(2,3)9-17/h7H,5-6,8-9H2,1-4H3,(H,14,16). The highest BCUT2D eigenvalue weighted by Crippen LogP contribution is 2.23. The van der Waals surface area contributed by atoms with Crippen molar-refractivity contribution < 1.29 is 8.42 Å². The average molecular weight is 330 g/mol. The molecule has 2 heterocycles. The number of nitrogens with one attached hydrogen (secondary N) is 1. The molecule has 2 rings (SSSR count). The minimum atomic E-state index is -3.03. The van der Waals surface area contributed by atoms with E-state index in [1.807, 2.05) is 18.0 Å². The fraction of sp³-hybridized carbons (Fsp3) is 0.692. The number of nitrogens with zero attached hydrogens (tertiary/aromatic N) is 3. The Labute approximate surface area is 130 Å². The number of aryl methyl sites for hydroxylation is 1. The van der Waals surface area contributed by atoms with Crippen molar-refractivity contribution in [3.8, 4) is 0 Å². The first kappa shape index (κ1) is 16.2. The van der Waals surface area contributed by atoms with E-state index in [9.17, 15) is 8.42 Å². The van der Waals surface area contributed by atoms with E-state index in [-0.39, 0.29) is 5.75 Å². The third-order valence-corrected chi connectivity index (χ3v) is 7.09. The zero-order valence-electron chi connectivity index (χ0n) is 12.9. The van der Waals surface area contributed by atoms with Gasteiger partial charge in [-0.15, -0.1) is 11.3 Å². The van der Waals surface area contributed by atoms with Crippen LogP contribution in [0.4, 0.5) is 0 Å². The monoisotopic (exact) mass is 330 g/mol. The lowest BCUT2D eigenvalue weighted by atomic mass is 10.2. The molecular formula is C13H22N4O2S2. The summed E-state index contributed by atoms with van der Waals surface area (Å²) in [6.07, 6.45) is 1.85. The van der Waals surface area contributed by atoms with E-state index in [1.165, 1.54) is 0 Å². The highest BCUT2D eigenvalue weighted by atomic mass is 32.2. The summed E-state index contributed by atoms with van der Waals surface area (Å²) >= 11 is 1.64. The van der Waals surface area contributed by atoms with Gasteiger partial charge in [0.15, 0.2) is 15.8 Å². The van der Waals surface area contributed by atoms with Gasteiger partial charge in [0.25, 0.3) is 0 Å². The number of thiazole rings is 1. The quantitative estimate of drug-likeness (QED) is 0.648. The molecule has 0 aromatic carbocycles. The Hall–Kier alpha value is -1.15. The predicted molar refractivity (Wildman–Crippen MR) is 86.5 cm³/mol. The van der Waals surface area contributed by atoms with Gasteiger partial charge >= 0.3 is 0 Å². The molecular weight excluding hydrogens is 308 g/mol. The third kappa shape index (κ3) is 3.55. The number of hydrogen-bond acceptors (Lipinski definition) is 5. The number of rotatable bonds is 2. The molecule has 1 fully saturated rings. The lowest BCUT2D eigenvalue weighted by Crippen LogP contribution is -2.57. The van der Waals surface area contributed by atoms with Crippen LogP contribution in [0.2, 0.25) is 0 Å². The summed E-state index contributed by atoms with van der Waals surface area (Å²) in [5.41, 5.74) is 0. The maximum atomic E-state index is 12.0. The van der Waals surface area contributed by atoms with Crippen molar-refractivity contribution in [2.75, 3.05) is 25.9 Å². The first-order valence-corrected chi connectivity index (χ1v) is 9.31. The summed E-state index contributed by atoms with van der Waals surface area (Å²) in [6, 6.07) is 0. The van der Waals surface area contributed by atoms with Gasteiger partial charge in [-0.2, -0.15) is 0 Å². The van der Waals surface area contributed by atoms with Gasteiger partial charge in [0.1, 0.15) is 0 Å². The second kappa shape index (κ2) is 5.92. The molecule has 1 aliphatic rings. The van der Waals surface area contributed by atoms with Crippen LogP contribution in [0.25, 0.3) is 0 Å². The minimum absolute atomic E-state index is 0.167. The topological polar surface area (TPSA) is 74.7 Å². The lowest BCUT2D eigenvalue weighted by molar-refractivity contribution is 0.353. The van der Waals surface area contributed by atoms with Crippen LogP contribution in [-0.4, -0.2) is 54.9 Å². The molecule has 8 heteroatoms. The molecule has 1 N–H and O–H groups in total. The zero-order chi connectivity index (χ0) is 15.7. The van der Waals surface area contributed by atoms with Gasteiger partial charge in [0.05, 0.1) is 22.1 Å². The smallest absolute Gasteiger partial charge is 0.194 e. The average Bonchev–Trinajstić information content (AvgIpc) is 2.80. The predicted octanol–water partition coefficient (Wildman–Crippen LogP) is 1.04. The first-order chi connectivity index (χ1) is 9.75. The molecule has 0 bridgehead atoms. The summed E-state index contributed by atoms with van der Waals surface area (Å²) in [4.78, 5) is 11.6. The van der Waals surface area contributed by atoms with Crippen LogP contribution < -0.4 is 5.32 Å². The van der Waals surface area contributed by atoms with Crippen LogP contribution in [0, 0.1) is 6.92 Å². The maximum Gasteiger partial charge on any atom is 0.194 e. The van der Waals surface area contributed by atoms with E-state index < -0.39 is 14.6 Å². The van der Waals surface area contributed by atoms with Crippen molar-refractivity contribution in [2.24, 2.45) is 4.99 Å². The highest BCUT2D eigenvalue weighted by molar-refractivity contribution is 7.92. The normalized spacial score (nSPS) is 21.3. The number of sulfone groups is 1. The van der Waals surface area contributed by atoms with E-state index >= 15 is 0 Å². The van der Waals surface area contributed by atoms with Gasteiger partial charge in [-0.1, -0.05) is 0 Å². The largest absolute Gasteiger partial charge is 0.351 e. The molecule has 118 valence electrons. The SMILES string of the molecule is CN=C(NCc1cnc(C)s1)N1CCS(=O)(=O)C(C)(C)C1. The Morgan fingerprint density at radius 1 is 1.57 bits per heavy atom. The molecule has 0 amide bonds. The Balaban J connectivity index is 2.02.